The van der Waals surface area contributed by atoms with E-state index in [1.54, 1.807) is 15.8 Å². The van der Waals surface area contributed by atoms with Gasteiger partial charge in [0.1, 0.15) is 0 Å². The molecule has 1 aliphatic heterocycles. The Morgan fingerprint density at radius 1 is 1.37 bits per heavy atom. The van der Waals surface area contributed by atoms with Gasteiger partial charge >= 0.3 is 0 Å². The van der Waals surface area contributed by atoms with Crippen LogP contribution in [0, 0.1) is 5.41 Å². The highest BCUT2D eigenvalue weighted by atomic mass is 32.2. The Hall–Kier alpha value is -0.430. The summed E-state index contributed by atoms with van der Waals surface area (Å²) in [6.45, 7) is 6.05. The van der Waals surface area contributed by atoms with Gasteiger partial charge in [0.2, 0.25) is 10.0 Å². The minimum Gasteiger partial charge on any atom is -0.326 e. The average molecular weight is 302 g/mol. The van der Waals surface area contributed by atoms with Gasteiger partial charge in [-0.2, -0.15) is 4.31 Å². The van der Waals surface area contributed by atoms with Crippen molar-refractivity contribution in [2.45, 2.75) is 44.6 Å². The van der Waals surface area contributed by atoms with Crippen molar-refractivity contribution in [3.63, 3.8) is 0 Å². The Morgan fingerprint density at radius 2 is 2.11 bits per heavy atom. The third-order valence-corrected chi connectivity index (χ3v) is 6.75. The van der Waals surface area contributed by atoms with Gasteiger partial charge < -0.3 is 5.73 Å². The maximum absolute atomic E-state index is 12.6. The summed E-state index contributed by atoms with van der Waals surface area (Å²) < 4.78 is 26.8. The molecule has 108 valence electrons. The largest absolute Gasteiger partial charge is 0.326 e. The van der Waals surface area contributed by atoms with Crippen molar-refractivity contribution in [1.29, 1.82) is 0 Å². The van der Waals surface area contributed by atoms with Crippen molar-refractivity contribution >= 4 is 21.4 Å². The molecule has 19 heavy (non-hydrogen) atoms. The van der Waals surface area contributed by atoms with Crippen LogP contribution in [0.15, 0.2) is 16.3 Å². The third-order valence-electron chi connectivity index (χ3n) is 3.77. The van der Waals surface area contributed by atoms with Crippen LogP contribution < -0.4 is 5.73 Å². The molecule has 1 aromatic heterocycles. The van der Waals surface area contributed by atoms with Crippen LogP contribution in [0.5, 0.6) is 0 Å². The standard InChI is InChI=1S/C13H22N2O2S2/c1-13(2)4-3-6-15(7-5-13)19(16,17)12-8-11(9-14)18-10-12/h8,10H,3-7,9,14H2,1-2H3. The van der Waals surface area contributed by atoms with Gasteiger partial charge in [-0.05, 0) is 30.7 Å². The highest BCUT2D eigenvalue weighted by molar-refractivity contribution is 7.89. The van der Waals surface area contributed by atoms with Gasteiger partial charge in [0.15, 0.2) is 0 Å². The van der Waals surface area contributed by atoms with Crippen LogP contribution in [0.1, 0.15) is 38.0 Å². The molecule has 0 aromatic carbocycles. The summed E-state index contributed by atoms with van der Waals surface area (Å²) in [6, 6.07) is 1.70. The van der Waals surface area contributed by atoms with E-state index in [1.807, 2.05) is 0 Å². The topological polar surface area (TPSA) is 63.4 Å². The Kier molecular flexibility index (Phi) is 4.35. The molecule has 0 bridgehead atoms. The molecule has 2 N–H and O–H groups in total. The highest BCUT2D eigenvalue weighted by Crippen LogP contribution is 2.32. The monoisotopic (exact) mass is 302 g/mol. The molecule has 1 fully saturated rings. The zero-order valence-corrected chi connectivity index (χ0v) is 13.2. The van der Waals surface area contributed by atoms with E-state index < -0.39 is 10.0 Å². The predicted octanol–water partition coefficient (Wildman–Crippen LogP) is 2.41. The third kappa shape index (κ3) is 3.37. The van der Waals surface area contributed by atoms with E-state index in [0.29, 0.717) is 24.5 Å². The molecule has 0 atom stereocenters. The van der Waals surface area contributed by atoms with Crippen molar-refractivity contribution in [2.24, 2.45) is 11.1 Å². The summed E-state index contributed by atoms with van der Waals surface area (Å²) in [5, 5.41) is 1.70. The normalized spacial score (nSPS) is 21.2. The van der Waals surface area contributed by atoms with Crippen LogP contribution in [-0.4, -0.2) is 25.8 Å². The van der Waals surface area contributed by atoms with Crippen molar-refractivity contribution in [3.05, 3.63) is 16.3 Å². The fourth-order valence-electron chi connectivity index (χ4n) is 2.39. The van der Waals surface area contributed by atoms with E-state index in [1.165, 1.54) is 11.3 Å². The van der Waals surface area contributed by atoms with Crippen LogP contribution in [0.3, 0.4) is 0 Å². The molecule has 1 aromatic rings. The zero-order chi connectivity index (χ0) is 14.1. The molecule has 2 heterocycles. The molecule has 1 saturated heterocycles. The van der Waals surface area contributed by atoms with Crippen LogP contribution in [-0.2, 0) is 16.6 Å². The van der Waals surface area contributed by atoms with Gasteiger partial charge in [-0.25, -0.2) is 8.42 Å². The molecule has 6 heteroatoms. The quantitative estimate of drug-likeness (QED) is 0.932. The Balaban J connectivity index is 2.20. The molecule has 1 aliphatic rings. The second-order valence-electron chi connectivity index (χ2n) is 5.87. The maximum Gasteiger partial charge on any atom is 0.243 e. The number of sulfonamides is 1. The summed E-state index contributed by atoms with van der Waals surface area (Å²) in [6.07, 6.45) is 2.93. The van der Waals surface area contributed by atoms with Crippen molar-refractivity contribution in [3.8, 4) is 0 Å². The van der Waals surface area contributed by atoms with Crippen LogP contribution in [0.2, 0.25) is 0 Å². The van der Waals surface area contributed by atoms with Gasteiger partial charge in [-0.1, -0.05) is 13.8 Å². The van der Waals surface area contributed by atoms with Gasteiger partial charge in [-0.15, -0.1) is 11.3 Å². The van der Waals surface area contributed by atoms with Crippen molar-refractivity contribution in [1.82, 2.24) is 4.31 Å². The van der Waals surface area contributed by atoms with Gasteiger partial charge in [0.25, 0.3) is 0 Å². The Bertz CT molecular complexity index is 535. The number of rotatable bonds is 3. The van der Waals surface area contributed by atoms with E-state index in [9.17, 15) is 8.42 Å². The summed E-state index contributed by atoms with van der Waals surface area (Å²) >= 11 is 1.41. The zero-order valence-electron chi connectivity index (χ0n) is 11.6. The Morgan fingerprint density at radius 3 is 2.74 bits per heavy atom. The maximum atomic E-state index is 12.6. The van der Waals surface area contributed by atoms with Crippen LogP contribution >= 0.6 is 11.3 Å². The molecule has 0 saturated carbocycles. The summed E-state index contributed by atoms with van der Waals surface area (Å²) in [5.41, 5.74) is 5.78. The van der Waals surface area contributed by atoms with E-state index in [4.69, 9.17) is 5.73 Å². The van der Waals surface area contributed by atoms with E-state index in [-0.39, 0.29) is 5.41 Å². The number of nitrogens with zero attached hydrogens (tertiary/aromatic N) is 1. The first-order chi connectivity index (χ1) is 8.85. The lowest BCUT2D eigenvalue weighted by Gasteiger charge is -2.22. The van der Waals surface area contributed by atoms with Crippen molar-refractivity contribution < 1.29 is 8.42 Å². The SMILES string of the molecule is CC1(C)CCCN(S(=O)(=O)c2csc(CN)c2)CC1. The summed E-state index contributed by atoms with van der Waals surface area (Å²) in [7, 11) is -3.34. The lowest BCUT2D eigenvalue weighted by Crippen LogP contribution is -2.32. The number of hydrogen-bond donors (Lipinski definition) is 1. The molecule has 0 aliphatic carbocycles. The first-order valence-corrected chi connectivity index (χ1v) is 8.95. The highest BCUT2D eigenvalue weighted by Gasteiger charge is 2.30. The first-order valence-electron chi connectivity index (χ1n) is 6.63. The molecule has 0 spiro atoms. The average Bonchev–Trinajstić information content (AvgIpc) is 2.75. The number of thiophene rings is 1. The molecule has 0 unspecified atom stereocenters. The first kappa shape index (κ1) is 15.0. The molecular weight excluding hydrogens is 280 g/mol. The lowest BCUT2D eigenvalue weighted by molar-refractivity contribution is 0.315. The van der Waals surface area contributed by atoms with E-state index >= 15 is 0 Å². The second kappa shape index (κ2) is 5.52. The van der Waals surface area contributed by atoms with E-state index in [2.05, 4.69) is 13.8 Å². The van der Waals surface area contributed by atoms with Gasteiger partial charge in [0.05, 0.1) is 4.90 Å². The Labute approximate surface area is 119 Å². The molecule has 0 radical (unpaired) electrons. The van der Waals surface area contributed by atoms with Gasteiger partial charge in [-0.3, -0.25) is 0 Å². The number of nitrogens with two attached hydrogens (primary N) is 1. The van der Waals surface area contributed by atoms with Crippen molar-refractivity contribution in [2.75, 3.05) is 13.1 Å². The molecular formula is C13H22N2O2S2. The fraction of sp³-hybridized carbons (Fsp3) is 0.692. The minimum atomic E-state index is -3.34. The smallest absolute Gasteiger partial charge is 0.243 e. The summed E-state index contributed by atoms with van der Waals surface area (Å²) in [5.74, 6) is 0. The van der Waals surface area contributed by atoms with Crippen LogP contribution in [0.4, 0.5) is 0 Å². The predicted molar refractivity (Wildman–Crippen MR) is 78.6 cm³/mol. The molecule has 2 rings (SSSR count). The minimum absolute atomic E-state index is 0.237. The molecule has 4 nitrogen and oxygen atoms in total. The van der Waals surface area contributed by atoms with E-state index in [0.717, 1.165) is 24.1 Å². The second-order valence-corrected chi connectivity index (χ2v) is 8.81. The lowest BCUT2D eigenvalue weighted by atomic mass is 9.85. The summed E-state index contributed by atoms with van der Waals surface area (Å²) in [4.78, 5) is 1.31. The van der Waals surface area contributed by atoms with Gasteiger partial charge in [0, 0.05) is 29.9 Å². The van der Waals surface area contributed by atoms with Crippen LogP contribution in [0.25, 0.3) is 0 Å². The fourth-order valence-corrected chi connectivity index (χ4v) is 5.01. The molecule has 0 amide bonds. The number of hydrogen-bond acceptors (Lipinski definition) is 4.